The summed E-state index contributed by atoms with van der Waals surface area (Å²) in [5.74, 6) is 0.903. The topological polar surface area (TPSA) is 59.8 Å². The van der Waals surface area contributed by atoms with Gasteiger partial charge in [0.15, 0.2) is 11.0 Å². The molecule has 4 aromatic rings. The van der Waals surface area contributed by atoms with Gasteiger partial charge in [-0.1, -0.05) is 65.8 Å². The SMILES string of the molecule is CC(NC(=O)CSc1nnc(-c2cccs2)n1-c1ccccc1)c1ccccc1Cl. The lowest BCUT2D eigenvalue weighted by atomic mass is 10.1. The highest BCUT2D eigenvalue weighted by Crippen LogP contribution is 2.30. The number of benzene rings is 2. The number of hydrogen-bond donors (Lipinski definition) is 1. The van der Waals surface area contributed by atoms with Crippen molar-refractivity contribution in [2.24, 2.45) is 0 Å². The van der Waals surface area contributed by atoms with Gasteiger partial charge in [0.05, 0.1) is 16.7 Å². The Hall–Kier alpha value is -2.61. The summed E-state index contributed by atoms with van der Waals surface area (Å²) in [7, 11) is 0. The van der Waals surface area contributed by atoms with E-state index in [1.54, 1.807) is 11.3 Å². The van der Waals surface area contributed by atoms with E-state index in [0.29, 0.717) is 10.2 Å². The molecule has 4 rings (SSSR count). The molecule has 0 aliphatic carbocycles. The van der Waals surface area contributed by atoms with E-state index in [1.807, 2.05) is 83.6 Å². The lowest BCUT2D eigenvalue weighted by Gasteiger charge is -2.15. The summed E-state index contributed by atoms with van der Waals surface area (Å²) >= 11 is 9.20. The van der Waals surface area contributed by atoms with Crippen LogP contribution in [0.2, 0.25) is 5.02 Å². The van der Waals surface area contributed by atoms with Gasteiger partial charge < -0.3 is 5.32 Å². The number of rotatable bonds is 7. The van der Waals surface area contributed by atoms with Gasteiger partial charge in [0, 0.05) is 10.7 Å². The number of nitrogens with one attached hydrogen (secondary N) is 1. The third kappa shape index (κ3) is 4.59. The van der Waals surface area contributed by atoms with Gasteiger partial charge in [0.1, 0.15) is 0 Å². The first-order chi connectivity index (χ1) is 14.6. The fraction of sp³-hybridized carbons (Fsp3) is 0.136. The number of amides is 1. The zero-order chi connectivity index (χ0) is 20.9. The van der Waals surface area contributed by atoms with Crippen LogP contribution in [-0.4, -0.2) is 26.4 Å². The van der Waals surface area contributed by atoms with Crippen LogP contribution in [0.15, 0.2) is 77.3 Å². The molecular formula is C22H19ClN4OS2. The third-order valence-electron chi connectivity index (χ3n) is 4.47. The molecule has 0 saturated carbocycles. The zero-order valence-corrected chi connectivity index (χ0v) is 18.5. The van der Waals surface area contributed by atoms with Gasteiger partial charge >= 0.3 is 0 Å². The van der Waals surface area contributed by atoms with E-state index in [9.17, 15) is 4.79 Å². The van der Waals surface area contributed by atoms with Crippen LogP contribution in [-0.2, 0) is 4.79 Å². The molecule has 0 fully saturated rings. The molecule has 1 unspecified atom stereocenters. The molecule has 0 saturated heterocycles. The van der Waals surface area contributed by atoms with Crippen molar-refractivity contribution in [2.75, 3.05) is 5.75 Å². The lowest BCUT2D eigenvalue weighted by molar-refractivity contribution is -0.119. The zero-order valence-electron chi connectivity index (χ0n) is 16.2. The molecule has 152 valence electrons. The maximum Gasteiger partial charge on any atom is 0.230 e. The quantitative estimate of drug-likeness (QED) is 0.368. The Labute approximate surface area is 188 Å². The van der Waals surface area contributed by atoms with Crippen molar-refractivity contribution in [3.05, 3.63) is 82.7 Å². The minimum atomic E-state index is -0.180. The van der Waals surface area contributed by atoms with Crippen molar-refractivity contribution in [1.29, 1.82) is 0 Å². The Bertz CT molecular complexity index is 1130. The second kappa shape index (κ2) is 9.47. The highest BCUT2D eigenvalue weighted by molar-refractivity contribution is 7.99. The molecule has 30 heavy (non-hydrogen) atoms. The van der Waals surface area contributed by atoms with Gasteiger partial charge in [-0.3, -0.25) is 9.36 Å². The molecule has 0 aliphatic rings. The first-order valence-corrected chi connectivity index (χ1v) is 11.6. The summed E-state index contributed by atoms with van der Waals surface area (Å²) in [4.78, 5) is 13.6. The van der Waals surface area contributed by atoms with Gasteiger partial charge in [0.2, 0.25) is 5.91 Å². The van der Waals surface area contributed by atoms with Gasteiger partial charge in [-0.2, -0.15) is 0 Å². The van der Waals surface area contributed by atoms with Gasteiger partial charge in [0.25, 0.3) is 0 Å². The lowest BCUT2D eigenvalue weighted by Crippen LogP contribution is -2.28. The molecule has 2 aromatic heterocycles. The summed E-state index contributed by atoms with van der Waals surface area (Å²) in [6, 6.07) is 21.3. The molecule has 5 nitrogen and oxygen atoms in total. The van der Waals surface area contributed by atoms with Crippen LogP contribution in [0.3, 0.4) is 0 Å². The smallest absolute Gasteiger partial charge is 0.230 e. The normalized spacial score (nSPS) is 11.9. The number of carbonyl (C=O) groups is 1. The number of nitrogens with zero attached hydrogens (tertiary/aromatic N) is 3. The third-order valence-corrected chi connectivity index (χ3v) is 6.61. The molecule has 0 spiro atoms. The number of carbonyl (C=O) groups excluding carboxylic acids is 1. The molecule has 1 N–H and O–H groups in total. The van der Waals surface area contributed by atoms with Crippen molar-refractivity contribution in [3.8, 4) is 16.4 Å². The van der Waals surface area contributed by atoms with E-state index in [1.165, 1.54) is 11.8 Å². The van der Waals surface area contributed by atoms with Crippen molar-refractivity contribution >= 4 is 40.6 Å². The van der Waals surface area contributed by atoms with Crippen LogP contribution >= 0.6 is 34.7 Å². The van der Waals surface area contributed by atoms with Crippen LogP contribution in [0, 0.1) is 0 Å². The van der Waals surface area contributed by atoms with Crippen LogP contribution in [0.4, 0.5) is 0 Å². The number of thioether (sulfide) groups is 1. The number of aromatic nitrogens is 3. The molecule has 0 radical (unpaired) electrons. The summed E-state index contributed by atoms with van der Waals surface area (Å²) in [5, 5.41) is 15.1. The molecule has 1 amide bonds. The summed E-state index contributed by atoms with van der Waals surface area (Å²) in [6.45, 7) is 1.92. The minimum Gasteiger partial charge on any atom is -0.349 e. The molecule has 0 aliphatic heterocycles. The van der Waals surface area contributed by atoms with Crippen molar-refractivity contribution < 1.29 is 4.79 Å². The maximum atomic E-state index is 12.6. The Kier molecular flexibility index (Phi) is 6.52. The highest BCUT2D eigenvalue weighted by atomic mass is 35.5. The largest absolute Gasteiger partial charge is 0.349 e. The van der Waals surface area contributed by atoms with E-state index in [0.717, 1.165) is 22.0 Å². The number of halogens is 1. The summed E-state index contributed by atoms with van der Waals surface area (Å²) < 4.78 is 1.99. The first-order valence-electron chi connectivity index (χ1n) is 9.35. The van der Waals surface area contributed by atoms with E-state index in [4.69, 9.17) is 11.6 Å². The van der Waals surface area contributed by atoms with E-state index in [-0.39, 0.29) is 17.7 Å². The van der Waals surface area contributed by atoms with Crippen LogP contribution in [0.5, 0.6) is 0 Å². The number of hydrogen-bond acceptors (Lipinski definition) is 5. The van der Waals surface area contributed by atoms with Gasteiger partial charge in [-0.25, -0.2) is 0 Å². The predicted octanol–water partition coefficient (Wildman–Crippen LogP) is 5.62. The fourth-order valence-electron chi connectivity index (χ4n) is 3.06. The van der Waals surface area contributed by atoms with E-state index < -0.39 is 0 Å². The van der Waals surface area contributed by atoms with Crippen LogP contribution in [0.1, 0.15) is 18.5 Å². The minimum absolute atomic E-state index is 0.0901. The number of thiophene rings is 1. The van der Waals surface area contributed by atoms with E-state index >= 15 is 0 Å². The summed E-state index contributed by atoms with van der Waals surface area (Å²) in [6.07, 6.45) is 0. The Morgan fingerprint density at radius 2 is 1.87 bits per heavy atom. The molecule has 2 aromatic carbocycles. The Morgan fingerprint density at radius 1 is 1.10 bits per heavy atom. The molecule has 0 bridgehead atoms. The van der Waals surface area contributed by atoms with Gasteiger partial charge in [-0.05, 0) is 42.1 Å². The standard InChI is InChI=1S/C22H19ClN4OS2/c1-15(17-10-5-6-11-18(17)23)24-20(28)14-30-22-26-25-21(19-12-7-13-29-19)27(22)16-8-3-2-4-9-16/h2-13,15H,14H2,1H3,(H,24,28). The highest BCUT2D eigenvalue weighted by Gasteiger charge is 2.19. The molecule has 8 heteroatoms. The summed E-state index contributed by atoms with van der Waals surface area (Å²) in [5.41, 5.74) is 1.85. The second-order valence-electron chi connectivity index (χ2n) is 6.55. The molecule has 2 heterocycles. The average Bonchev–Trinajstić information content (AvgIpc) is 3.43. The monoisotopic (exact) mass is 454 g/mol. The maximum absolute atomic E-state index is 12.6. The van der Waals surface area contributed by atoms with Crippen molar-refractivity contribution in [1.82, 2.24) is 20.1 Å². The predicted molar refractivity (Wildman–Crippen MR) is 123 cm³/mol. The van der Waals surface area contributed by atoms with Crippen LogP contribution < -0.4 is 5.32 Å². The second-order valence-corrected chi connectivity index (χ2v) is 8.85. The number of para-hydroxylation sites is 1. The average molecular weight is 455 g/mol. The Balaban J connectivity index is 1.51. The molecule has 1 atom stereocenters. The van der Waals surface area contributed by atoms with Crippen LogP contribution in [0.25, 0.3) is 16.4 Å². The van der Waals surface area contributed by atoms with Crippen molar-refractivity contribution in [2.45, 2.75) is 18.1 Å². The Morgan fingerprint density at radius 3 is 2.60 bits per heavy atom. The van der Waals surface area contributed by atoms with Crippen molar-refractivity contribution in [3.63, 3.8) is 0 Å². The fourth-order valence-corrected chi connectivity index (χ4v) is 4.82. The first kappa shape index (κ1) is 20.7. The van der Waals surface area contributed by atoms with Gasteiger partial charge in [-0.15, -0.1) is 21.5 Å². The molecular weight excluding hydrogens is 436 g/mol. The van der Waals surface area contributed by atoms with E-state index in [2.05, 4.69) is 15.5 Å².